The molecule has 1 unspecified atom stereocenters. The summed E-state index contributed by atoms with van der Waals surface area (Å²) >= 11 is 3.23. The van der Waals surface area contributed by atoms with E-state index in [0.29, 0.717) is 28.6 Å². The summed E-state index contributed by atoms with van der Waals surface area (Å²) in [5.74, 6) is -1.48. The summed E-state index contributed by atoms with van der Waals surface area (Å²) in [6, 6.07) is 4.72. The average molecular weight is 329 g/mol. The molecule has 1 aromatic carbocycles. The first-order chi connectivity index (χ1) is 8.80. The number of hydrogen-bond donors (Lipinski definition) is 3. The molecule has 0 radical (unpaired) electrons. The number of hydrogen-bond acceptors (Lipinski definition) is 3. The van der Waals surface area contributed by atoms with E-state index in [1.807, 2.05) is 6.92 Å². The minimum absolute atomic E-state index is 0.365. The molecule has 0 saturated heterocycles. The molecule has 0 aliphatic heterocycles. The predicted molar refractivity (Wildman–Crippen MR) is 77.0 cm³/mol. The Morgan fingerprint density at radius 2 is 2.11 bits per heavy atom. The van der Waals surface area contributed by atoms with Gasteiger partial charge < -0.3 is 16.2 Å². The highest BCUT2D eigenvalue weighted by molar-refractivity contribution is 9.10. The quantitative estimate of drug-likeness (QED) is 0.723. The van der Waals surface area contributed by atoms with E-state index in [1.165, 1.54) is 6.92 Å². The van der Waals surface area contributed by atoms with Gasteiger partial charge in [-0.25, -0.2) is 4.79 Å². The zero-order chi connectivity index (χ0) is 14.6. The maximum atomic E-state index is 12.1. The zero-order valence-corrected chi connectivity index (χ0v) is 12.5. The number of rotatable bonds is 5. The van der Waals surface area contributed by atoms with Gasteiger partial charge in [-0.1, -0.05) is 13.3 Å². The van der Waals surface area contributed by atoms with Gasteiger partial charge in [0.05, 0.1) is 0 Å². The number of anilines is 1. The number of nitrogens with one attached hydrogen (secondary N) is 1. The van der Waals surface area contributed by atoms with Crippen molar-refractivity contribution < 1.29 is 14.7 Å². The Morgan fingerprint density at radius 1 is 1.47 bits per heavy atom. The lowest BCUT2D eigenvalue weighted by molar-refractivity contribution is -0.144. The highest BCUT2D eigenvalue weighted by Crippen LogP contribution is 2.21. The Bertz CT molecular complexity index is 505. The van der Waals surface area contributed by atoms with Crippen molar-refractivity contribution in [2.45, 2.75) is 32.2 Å². The minimum Gasteiger partial charge on any atom is -0.480 e. The van der Waals surface area contributed by atoms with Crippen LogP contribution in [-0.4, -0.2) is 22.5 Å². The van der Waals surface area contributed by atoms with Crippen LogP contribution in [0.1, 0.15) is 37.0 Å². The Morgan fingerprint density at radius 3 is 2.58 bits per heavy atom. The number of carbonyl (C=O) groups is 2. The summed E-state index contributed by atoms with van der Waals surface area (Å²) in [6.07, 6.45) is 1.03. The monoisotopic (exact) mass is 328 g/mol. The highest BCUT2D eigenvalue weighted by atomic mass is 79.9. The molecule has 19 heavy (non-hydrogen) atoms. The van der Waals surface area contributed by atoms with Crippen LogP contribution in [0.15, 0.2) is 22.7 Å². The van der Waals surface area contributed by atoms with Crippen LogP contribution in [0.2, 0.25) is 0 Å². The zero-order valence-electron chi connectivity index (χ0n) is 10.9. The number of nitrogens with two attached hydrogens (primary N) is 1. The van der Waals surface area contributed by atoms with E-state index in [0.717, 1.165) is 0 Å². The van der Waals surface area contributed by atoms with Crippen LogP contribution in [0.3, 0.4) is 0 Å². The second kappa shape index (κ2) is 6.06. The Labute approximate surface area is 120 Å². The average Bonchev–Trinajstić information content (AvgIpc) is 2.32. The Balaban J connectivity index is 2.94. The molecule has 0 heterocycles. The van der Waals surface area contributed by atoms with E-state index in [1.54, 1.807) is 18.2 Å². The maximum Gasteiger partial charge on any atom is 0.329 e. The minimum atomic E-state index is -1.26. The van der Waals surface area contributed by atoms with Gasteiger partial charge in [-0.2, -0.15) is 0 Å². The van der Waals surface area contributed by atoms with Gasteiger partial charge in [0.15, 0.2) is 0 Å². The van der Waals surface area contributed by atoms with Gasteiger partial charge in [0.25, 0.3) is 5.91 Å². The van der Waals surface area contributed by atoms with E-state index in [2.05, 4.69) is 21.2 Å². The van der Waals surface area contributed by atoms with Gasteiger partial charge in [-0.3, -0.25) is 4.79 Å². The normalized spacial score (nSPS) is 13.6. The molecule has 0 fully saturated rings. The largest absolute Gasteiger partial charge is 0.480 e. The van der Waals surface area contributed by atoms with Crippen molar-refractivity contribution in [1.82, 2.24) is 5.32 Å². The van der Waals surface area contributed by atoms with Crippen LogP contribution in [0.25, 0.3) is 0 Å². The van der Waals surface area contributed by atoms with Gasteiger partial charge in [-0.15, -0.1) is 0 Å². The third-order valence-corrected chi connectivity index (χ3v) is 3.56. The summed E-state index contributed by atoms with van der Waals surface area (Å²) < 4.78 is 0.604. The van der Waals surface area contributed by atoms with Crippen molar-refractivity contribution in [3.05, 3.63) is 28.2 Å². The van der Waals surface area contributed by atoms with Crippen molar-refractivity contribution in [2.24, 2.45) is 0 Å². The molecule has 0 saturated carbocycles. The van der Waals surface area contributed by atoms with Crippen LogP contribution >= 0.6 is 15.9 Å². The maximum absolute atomic E-state index is 12.1. The molecule has 6 heteroatoms. The molecule has 1 atom stereocenters. The topological polar surface area (TPSA) is 92.4 Å². The number of benzene rings is 1. The highest BCUT2D eigenvalue weighted by Gasteiger charge is 2.34. The number of aliphatic carboxylic acids is 1. The molecule has 0 aliphatic carbocycles. The lowest BCUT2D eigenvalue weighted by atomic mass is 9.95. The lowest BCUT2D eigenvalue weighted by Crippen LogP contribution is -2.52. The Hall–Kier alpha value is -1.56. The molecular weight excluding hydrogens is 312 g/mol. The second-order valence-corrected chi connectivity index (χ2v) is 5.43. The smallest absolute Gasteiger partial charge is 0.329 e. The van der Waals surface area contributed by atoms with Crippen LogP contribution in [0.4, 0.5) is 5.69 Å². The van der Waals surface area contributed by atoms with Crippen LogP contribution in [0.5, 0.6) is 0 Å². The van der Waals surface area contributed by atoms with Gasteiger partial charge >= 0.3 is 5.97 Å². The molecular formula is C13H17BrN2O3. The summed E-state index contributed by atoms with van der Waals surface area (Å²) in [7, 11) is 0. The van der Waals surface area contributed by atoms with Crippen LogP contribution < -0.4 is 11.1 Å². The number of carboxylic acids is 1. The number of nitrogen functional groups attached to an aromatic ring is 1. The number of carboxylic acid groups (broad SMARTS) is 1. The first kappa shape index (κ1) is 15.5. The van der Waals surface area contributed by atoms with Gasteiger partial charge in [0.1, 0.15) is 5.54 Å². The number of carbonyl (C=O) groups excluding carboxylic acids is 1. The van der Waals surface area contributed by atoms with Crippen molar-refractivity contribution in [2.75, 3.05) is 5.73 Å². The number of amides is 1. The van der Waals surface area contributed by atoms with Gasteiger partial charge in [0.2, 0.25) is 0 Å². The predicted octanol–water partition coefficient (Wildman–Crippen LogP) is 2.40. The SMILES string of the molecule is CCCC(C)(NC(=O)c1ccc(N)c(Br)c1)C(=O)O. The second-order valence-electron chi connectivity index (χ2n) is 4.58. The van der Waals surface area contributed by atoms with E-state index < -0.39 is 17.4 Å². The molecule has 1 aromatic rings. The fourth-order valence-electron chi connectivity index (χ4n) is 1.71. The van der Waals surface area contributed by atoms with Gasteiger partial charge in [0, 0.05) is 15.7 Å². The fourth-order valence-corrected chi connectivity index (χ4v) is 2.09. The summed E-state index contributed by atoms with van der Waals surface area (Å²) in [5.41, 5.74) is 5.26. The molecule has 0 aliphatic rings. The molecule has 1 rings (SSSR count). The molecule has 5 nitrogen and oxygen atoms in total. The van der Waals surface area contributed by atoms with Gasteiger partial charge in [-0.05, 0) is 47.5 Å². The summed E-state index contributed by atoms with van der Waals surface area (Å²) in [4.78, 5) is 23.3. The molecule has 4 N–H and O–H groups in total. The fraction of sp³-hybridized carbons (Fsp3) is 0.385. The number of halogens is 1. The molecule has 0 spiro atoms. The van der Waals surface area contributed by atoms with E-state index in [9.17, 15) is 14.7 Å². The van der Waals surface area contributed by atoms with Crippen LogP contribution in [0, 0.1) is 0 Å². The third kappa shape index (κ3) is 3.70. The summed E-state index contributed by atoms with van der Waals surface area (Å²) in [6.45, 7) is 3.37. The van der Waals surface area contributed by atoms with E-state index >= 15 is 0 Å². The first-order valence-corrected chi connectivity index (χ1v) is 6.70. The lowest BCUT2D eigenvalue weighted by Gasteiger charge is -2.25. The first-order valence-electron chi connectivity index (χ1n) is 5.91. The van der Waals surface area contributed by atoms with E-state index in [4.69, 9.17) is 5.73 Å². The van der Waals surface area contributed by atoms with E-state index in [-0.39, 0.29) is 0 Å². The van der Waals surface area contributed by atoms with Crippen LogP contribution in [-0.2, 0) is 4.79 Å². The molecule has 1 amide bonds. The van der Waals surface area contributed by atoms with Crippen molar-refractivity contribution in [3.63, 3.8) is 0 Å². The standard InChI is InChI=1S/C13H17BrN2O3/c1-3-6-13(2,12(18)19)16-11(17)8-4-5-10(15)9(14)7-8/h4-5,7H,3,6,15H2,1-2H3,(H,16,17)(H,18,19). The molecule has 0 bridgehead atoms. The molecule has 104 valence electrons. The third-order valence-electron chi connectivity index (χ3n) is 2.87. The molecule has 0 aromatic heterocycles. The Kier molecular flexibility index (Phi) is 4.94. The van der Waals surface area contributed by atoms with Crippen molar-refractivity contribution in [3.8, 4) is 0 Å². The van der Waals surface area contributed by atoms with Crippen molar-refractivity contribution >= 4 is 33.5 Å². The summed E-state index contributed by atoms with van der Waals surface area (Å²) in [5, 5.41) is 11.8. The van der Waals surface area contributed by atoms with Crippen molar-refractivity contribution in [1.29, 1.82) is 0 Å².